The Morgan fingerprint density at radius 2 is 1.73 bits per heavy atom. The van der Waals surface area contributed by atoms with Gasteiger partial charge < -0.3 is 25.0 Å². The number of carbonyl (C=O) groups is 1. The van der Waals surface area contributed by atoms with Crippen molar-refractivity contribution < 1.29 is 24.5 Å². The van der Waals surface area contributed by atoms with Crippen LogP contribution in [0.15, 0.2) is 79.0 Å². The fraction of sp³-hybridized carbons (Fsp3) is 0.323. The van der Waals surface area contributed by atoms with Crippen molar-refractivity contribution in [2.45, 2.75) is 44.1 Å². The molecule has 0 aliphatic carbocycles. The van der Waals surface area contributed by atoms with Crippen LogP contribution in [0, 0.1) is 0 Å². The molecule has 6 rings (SSSR count). The minimum atomic E-state index is -0.593. The van der Waals surface area contributed by atoms with Crippen molar-refractivity contribution in [3.8, 4) is 0 Å². The van der Waals surface area contributed by atoms with E-state index in [0.717, 1.165) is 35.2 Å². The van der Waals surface area contributed by atoms with E-state index in [4.69, 9.17) is 9.47 Å². The summed E-state index contributed by atoms with van der Waals surface area (Å²) in [6.45, 7) is 2.20. The number of rotatable bonds is 7. The predicted molar refractivity (Wildman–Crippen MR) is 149 cm³/mol. The van der Waals surface area contributed by atoms with Crippen molar-refractivity contribution in [1.82, 2.24) is 14.9 Å². The number of ether oxygens (including phenoxy) is 2. The van der Waals surface area contributed by atoms with E-state index in [1.807, 2.05) is 72.8 Å². The molecular weight excluding hydrogens is 508 g/mol. The molecule has 0 bridgehead atoms. The number of anilines is 1. The van der Waals surface area contributed by atoms with Crippen molar-refractivity contribution in [1.29, 1.82) is 0 Å². The van der Waals surface area contributed by atoms with Crippen molar-refractivity contribution in [3.63, 3.8) is 0 Å². The molecule has 2 fully saturated rings. The third-order valence-electron chi connectivity index (χ3n) is 7.45. The van der Waals surface area contributed by atoms with Gasteiger partial charge in [0.25, 0.3) is 5.91 Å². The van der Waals surface area contributed by atoms with Gasteiger partial charge in [-0.25, -0.2) is 4.98 Å². The molecule has 0 unspecified atom stereocenters. The third-order valence-corrected chi connectivity index (χ3v) is 7.45. The van der Waals surface area contributed by atoms with Crippen LogP contribution in [0.4, 0.5) is 5.69 Å². The Labute approximate surface area is 232 Å². The molecule has 0 radical (unpaired) electrons. The van der Waals surface area contributed by atoms with Gasteiger partial charge in [0.1, 0.15) is 5.69 Å². The molecule has 2 saturated heterocycles. The third kappa shape index (κ3) is 6.04. The average Bonchev–Trinajstić information content (AvgIpc) is 3.41. The number of aliphatic hydroxyl groups excluding tert-OH is 2. The number of para-hydroxylation sites is 2. The quantitative estimate of drug-likeness (QED) is 0.322. The normalized spacial score (nSPS) is 23.4. The molecule has 1 amide bonds. The number of likely N-dealkylation sites (tertiary alicyclic amines) is 1. The summed E-state index contributed by atoms with van der Waals surface area (Å²) < 4.78 is 12.8. The zero-order valence-electron chi connectivity index (χ0n) is 22.0. The Hall–Kier alpha value is -3.73. The maximum absolute atomic E-state index is 12.8. The van der Waals surface area contributed by atoms with Gasteiger partial charge in [0.15, 0.2) is 6.29 Å². The highest BCUT2D eigenvalue weighted by Crippen LogP contribution is 2.38. The SMILES string of the molecule is O=C(Nc1ccc([C@@H]2O[C@H](CN3CC[C@H](O)C3)C[C@H](c3ccc(CO)cc3)O2)cc1)c1cnc2ccccc2n1. The van der Waals surface area contributed by atoms with Gasteiger partial charge in [-0.2, -0.15) is 0 Å². The zero-order valence-corrected chi connectivity index (χ0v) is 22.0. The lowest BCUT2D eigenvalue weighted by atomic mass is 9.99. The van der Waals surface area contributed by atoms with E-state index in [0.29, 0.717) is 30.7 Å². The summed E-state index contributed by atoms with van der Waals surface area (Å²) in [5.41, 5.74) is 4.98. The van der Waals surface area contributed by atoms with Gasteiger partial charge in [-0.15, -0.1) is 0 Å². The van der Waals surface area contributed by atoms with Crippen LogP contribution >= 0.6 is 0 Å². The van der Waals surface area contributed by atoms with Crippen LogP contribution in [0.25, 0.3) is 11.0 Å². The molecule has 0 saturated carbocycles. The van der Waals surface area contributed by atoms with E-state index in [-0.39, 0.29) is 36.5 Å². The highest BCUT2D eigenvalue weighted by atomic mass is 16.7. The number of hydrogen-bond donors (Lipinski definition) is 3. The molecule has 9 nitrogen and oxygen atoms in total. The standard InChI is InChI=1S/C31H32N4O5/c36-19-20-5-7-21(8-6-20)29-15-25(18-35-14-13-24(37)17-35)39-31(40-29)22-9-11-23(12-10-22)33-30(38)28-16-32-26-3-1-2-4-27(26)34-28/h1-12,16,24-25,29,31,36-37H,13-15,17-19H2,(H,33,38)/t24-,25-,29+,31+/m0/s1. The molecule has 3 N–H and O–H groups in total. The monoisotopic (exact) mass is 540 g/mol. The first-order chi connectivity index (χ1) is 19.5. The number of amides is 1. The number of fused-ring (bicyclic) bond motifs is 1. The van der Waals surface area contributed by atoms with Crippen LogP contribution < -0.4 is 5.32 Å². The molecule has 3 heterocycles. The second-order valence-electron chi connectivity index (χ2n) is 10.4. The molecule has 3 aromatic carbocycles. The predicted octanol–water partition coefficient (Wildman–Crippen LogP) is 3.99. The molecule has 40 heavy (non-hydrogen) atoms. The van der Waals surface area contributed by atoms with Crippen LogP contribution in [-0.4, -0.2) is 62.8 Å². The molecule has 9 heteroatoms. The summed E-state index contributed by atoms with van der Waals surface area (Å²) in [5.74, 6) is -0.338. The largest absolute Gasteiger partial charge is 0.392 e. The lowest BCUT2D eigenvalue weighted by Crippen LogP contribution is -2.38. The second-order valence-corrected chi connectivity index (χ2v) is 10.4. The number of aromatic nitrogens is 2. The van der Waals surface area contributed by atoms with Crippen LogP contribution in [0.1, 0.15) is 52.4 Å². The molecule has 1 aromatic heterocycles. The molecule has 0 spiro atoms. The summed E-state index contributed by atoms with van der Waals surface area (Å²) in [5, 5.41) is 22.3. The summed E-state index contributed by atoms with van der Waals surface area (Å²) in [7, 11) is 0. The van der Waals surface area contributed by atoms with Gasteiger partial charge in [0.05, 0.1) is 42.1 Å². The summed E-state index contributed by atoms with van der Waals surface area (Å²) in [6, 6.07) is 22.6. The van der Waals surface area contributed by atoms with Crippen molar-refractivity contribution in [2.75, 3.05) is 25.0 Å². The maximum atomic E-state index is 12.8. The number of β-amino-alcohol motifs (C(OH)–C–C–N with tert-alkyl or cyclic N) is 1. The molecular formula is C31H32N4O5. The minimum absolute atomic E-state index is 0.00617. The molecule has 206 valence electrons. The van der Waals surface area contributed by atoms with Crippen molar-refractivity contribution >= 4 is 22.6 Å². The summed E-state index contributed by atoms with van der Waals surface area (Å²) in [4.78, 5) is 23.8. The number of nitrogens with zero attached hydrogens (tertiary/aromatic N) is 3. The lowest BCUT2D eigenvalue weighted by Gasteiger charge is -2.37. The lowest BCUT2D eigenvalue weighted by molar-refractivity contribution is -0.252. The Balaban J connectivity index is 1.17. The number of aliphatic hydroxyl groups is 2. The van der Waals surface area contributed by atoms with Gasteiger partial charge in [-0.3, -0.25) is 14.7 Å². The van der Waals surface area contributed by atoms with Gasteiger partial charge in [0, 0.05) is 37.3 Å². The van der Waals surface area contributed by atoms with E-state index in [1.165, 1.54) is 6.20 Å². The number of nitrogens with one attached hydrogen (secondary N) is 1. The van der Waals surface area contributed by atoms with E-state index >= 15 is 0 Å². The Kier molecular flexibility index (Phi) is 7.81. The molecule has 2 aliphatic heterocycles. The average molecular weight is 541 g/mol. The van der Waals surface area contributed by atoms with Crippen molar-refractivity contribution in [3.05, 3.63) is 101 Å². The molecule has 2 aliphatic rings. The first-order valence-electron chi connectivity index (χ1n) is 13.6. The van der Waals surface area contributed by atoms with Crippen LogP contribution in [0.5, 0.6) is 0 Å². The van der Waals surface area contributed by atoms with Gasteiger partial charge in [-0.05, 0) is 41.8 Å². The van der Waals surface area contributed by atoms with Crippen LogP contribution in [0.3, 0.4) is 0 Å². The van der Waals surface area contributed by atoms with E-state index < -0.39 is 6.29 Å². The molecule has 4 aromatic rings. The fourth-order valence-corrected chi connectivity index (χ4v) is 5.28. The Morgan fingerprint density at radius 3 is 2.45 bits per heavy atom. The van der Waals surface area contributed by atoms with E-state index in [2.05, 4.69) is 20.2 Å². The van der Waals surface area contributed by atoms with Gasteiger partial charge in [-0.1, -0.05) is 48.5 Å². The topological polar surface area (TPSA) is 117 Å². The molecule has 4 atom stereocenters. The smallest absolute Gasteiger partial charge is 0.275 e. The summed E-state index contributed by atoms with van der Waals surface area (Å²) in [6.07, 6.45) is 1.78. The Morgan fingerprint density at radius 1 is 0.975 bits per heavy atom. The highest BCUT2D eigenvalue weighted by Gasteiger charge is 2.34. The van der Waals surface area contributed by atoms with Gasteiger partial charge >= 0.3 is 0 Å². The van der Waals surface area contributed by atoms with Gasteiger partial charge in [0.2, 0.25) is 0 Å². The van der Waals surface area contributed by atoms with Crippen molar-refractivity contribution in [2.24, 2.45) is 0 Å². The van der Waals surface area contributed by atoms with E-state index in [9.17, 15) is 15.0 Å². The Bertz CT molecular complexity index is 1460. The van der Waals surface area contributed by atoms with Crippen LogP contribution in [-0.2, 0) is 16.1 Å². The highest BCUT2D eigenvalue weighted by molar-refractivity contribution is 6.03. The fourth-order valence-electron chi connectivity index (χ4n) is 5.28. The number of carbonyl (C=O) groups excluding carboxylic acids is 1. The van der Waals surface area contributed by atoms with Crippen LogP contribution in [0.2, 0.25) is 0 Å². The summed E-state index contributed by atoms with van der Waals surface area (Å²) >= 11 is 0. The van der Waals surface area contributed by atoms with E-state index in [1.54, 1.807) is 0 Å². The minimum Gasteiger partial charge on any atom is -0.392 e. The second kappa shape index (κ2) is 11.8. The first kappa shape index (κ1) is 26.5. The first-order valence-corrected chi connectivity index (χ1v) is 13.6. The number of benzene rings is 3. The number of hydrogen-bond acceptors (Lipinski definition) is 8. The maximum Gasteiger partial charge on any atom is 0.275 e. The zero-order chi connectivity index (χ0) is 27.5.